The molecule has 226 valence electrons. The Hall–Kier alpha value is -4.14. The van der Waals surface area contributed by atoms with Gasteiger partial charge in [0.15, 0.2) is 0 Å². The van der Waals surface area contributed by atoms with Crippen LogP contribution in [0.2, 0.25) is 0 Å². The summed E-state index contributed by atoms with van der Waals surface area (Å²) >= 11 is 0. The van der Waals surface area contributed by atoms with Gasteiger partial charge in [-0.3, -0.25) is 4.79 Å². The smallest absolute Gasteiger partial charge is 0.394 e. The standard InChI is InChI=1S/C27H33F4N9O2/c1-26(2,3)39-8-5-15(13-39)24(41)33-12-22-35-25(37-42-22)40-21(11-27(29,30)31)17-9-16(32)10-20(23(17)36-40)34-19-6-7-38(4)14-18(19)28/h5,8-10,13,18-19,34H,6-7,11-12,14,32H2,1-4H3,(H,33,41)/t18-,19+/m0/s1. The van der Waals surface area contributed by atoms with E-state index in [1.165, 1.54) is 12.1 Å². The van der Waals surface area contributed by atoms with Gasteiger partial charge in [0.05, 0.1) is 36.0 Å². The van der Waals surface area contributed by atoms with Crippen LogP contribution < -0.4 is 16.4 Å². The number of benzene rings is 1. The van der Waals surface area contributed by atoms with Gasteiger partial charge >= 0.3 is 6.18 Å². The molecule has 15 heteroatoms. The lowest BCUT2D eigenvalue weighted by Gasteiger charge is -2.33. The monoisotopic (exact) mass is 591 g/mol. The highest BCUT2D eigenvalue weighted by atomic mass is 19.4. The number of nitrogens with two attached hydrogens (primary N) is 1. The van der Waals surface area contributed by atoms with Crippen molar-refractivity contribution in [3.63, 3.8) is 0 Å². The molecule has 2 atom stereocenters. The number of nitrogens with one attached hydrogen (secondary N) is 2. The Morgan fingerprint density at radius 1 is 1.24 bits per heavy atom. The number of carbonyl (C=O) groups is 1. The predicted octanol–water partition coefficient (Wildman–Crippen LogP) is 4.04. The number of carbonyl (C=O) groups excluding carboxylic acids is 1. The van der Waals surface area contributed by atoms with Crippen LogP contribution in [0.5, 0.6) is 0 Å². The molecule has 4 N–H and O–H groups in total. The molecule has 1 fully saturated rings. The van der Waals surface area contributed by atoms with Crippen LogP contribution in [-0.2, 0) is 18.5 Å². The molecule has 1 aliphatic heterocycles. The van der Waals surface area contributed by atoms with Crippen LogP contribution in [-0.4, -0.2) is 73.8 Å². The van der Waals surface area contributed by atoms with Gasteiger partial charge in [-0.2, -0.15) is 27.9 Å². The molecular weight excluding hydrogens is 558 g/mol. The second-order valence-corrected chi connectivity index (χ2v) is 11.6. The number of amides is 1. The number of likely N-dealkylation sites (tertiary alicyclic amines) is 1. The van der Waals surface area contributed by atoms with Gasteiger partial charge < -0.3 is 30.4 Å². The molecule has 1 amide bonds. The largest absolute Gasteiger partial charge is 0.399 e. The SMILES string of the molecule is CN1CC[C@@H](Nc2cc(N)cc3c(CC(F)(F)F)n(-c4noc(CNC(=O)c5ccn(C(C)(C)C)c5)n4)nc23)[C@@H](F)C1. The number of anilines is 2. The Balaban J connectivity index is 1.43. The molecule has 0 bridgehead atoms. The number of halogens is 4. The molecule has 4 aromatic rings. The number of hydrogen-bond donors (Lipinski definition) is 3. The van der Waals surface area contributed by atoms with Gasteiger partial charge in [-0.15, -0.1) is 0 Å². The van der Waals surface area contributed by atoms with Crippen molar-refractivity contribution >= 4 is 28.2 Å². The third kappa shape index (κ3) is 6.35. The van der Waals surface area contributed by atoms with E-state index in [1.54, 1.807) is 18.5 Å². The number of aromatic nitrogens is 5. The van der Waals surface area contributed by atoms with Crippen LogP contribution in [0.4, 0.5) is 28.9 Å². The summed E-state index contributed by atoms with van der Waals surface area (Å²) in [7, 11) is 1.82. The minimum Gasteiger partial charge on any atom is -0.399 e. The fraction of sp³-hybridized carbons (Fsp3) is 0.481. The Bertz CT molecular complexity index is 1580. The third-order valence-electron chi connectivity index (χ3n) is 7.13. The summed E-state index contributed by atoms with van der Waals surface area (Å²) in [6.45, 7) is 6.72. The molecule has 1 saturated heterocycles. The highest BCUT2D eigenvalue weighted by molar-refractivity contribution is 5.96. The van der Waals surface area contributed by atoms with E-state index in [1.807, 2.05) is 37.3 Å². The van der Waals surface area contributed by atoms with E-state index in [-0.39, 0.29) is 58.7 Å². The Morgan fingerprint density at radius 2 is 2.00 bits per heavy atom. The van der Waals surface area contributed by atoms with Gasteiger partial charge in [0.1, 0.15) is 11.7 Å². The highest BCUT2D eigenvalue weighted by Gasteiger charge is 2.34. The van der Waals surface area contributed by atoms with E-state index < -0.39 is 24.8 Å². The fourth-order valence-corrected chi connectivity index (χ4v) is 4.92. The van der Waals surface area contributed by atoms with Crippen molar-refractivity contribution in [3.05, 3.63) is 47.7 Å². The number of piperidine rings is 1. The summed E-state index contributed by atoms with van der Waals surface area (Å²) in [6.07, 6.45) is -3.14. The first-order valence-corrected chi connectivity index (χ1v) is 13.4. The van der Waals surface area contributed by atoms with Crippen molar-refractivity contribution in [3.8, 4) is 5.95 Å². The van der Waals surface area contributed by atoms with Crippen molar-refractivity contribution in [2.75, 3.05) is 31.2 Å². The third-order valence-corrected chi connectivity index (χ3v) is 7.13. The molecule has 0 unspecified atom stereocenters. The zero-order chi connectivity index (χ0) is 30.4. The van der Waals surface area contributed by atoms with Crippen LogP contribution in [0.3, 0.4) is 0 Å². The Kier molecular flexibility index (Phi) is 7.64. The summed E-state index contributed by atoms with van der Waals surface area (Å²) < 4.78 is 63.9. The molecule has 4 heterocycles. The minimum absolute atomic E-state index is 0.0319. The first kappa shape index (κ1) is 29.4. The second-order valence-electron chi connectivity index (χ2n) is 11.6. The molecule has 0 radical (unpaired) electrons. The van der Waals surface area contributed by atoms with E-state index in [2.05, 4.69) is 25.9 Å². The van der Waals surface area contributed by atoms with Crippen molar-refractivity contribution in [1.29, 1.82) is 0 Å². The number of fused-ring (bicyclic) bond motifs is 1. The van der Waals surface area contributed by atoms with Crippen LogP contribution in [0.25, 0.3) is 16.9 Å². The number of hydrogen-bond acceptors (Lipinski definition) is 8. The summed E-state index contributed by atoms with van der Waals surface area (Å²) in [5, 5.41) is 14.1. The van der Waals surface area contributed by atoms with Crippen LogP contribution in [0.15, 0.2) is 35.1 Å². The lowest BCUT2D eigenvalue weighted by Crippen LogP contribution is -2.46. The maximum absolute atomic E-state index is 14.8. The van der Waals surface area contributed by atoms with Gasteiger partial charge in [-0.25, -0.2) is 4.39 Å². The van der Waals surface area contributed by atoms with E-state index in [4.69, 9.17) is 10.3 Å². The van der Waals surface area contributed by atoms with Crippen molar-refractivity contribution in [1.82, 2.24) is 34.7 Å². The predicted molar refractivity (Wildman–Crippen MR) is 148 cm³/mol. The Labute approximate surface area is 239 Å². The van der Waals surface area contributed by atoms with Gasteiger partial charge in [-0.05, 0) is 57.6 Å². The minimum atomic E-state index is -4.59. The van der Waals surface area contributed by atoms with Gasteiger partial charge in [0.2, 0.25) is 5.89 Å². The number of nitrogens with zero attached hydrogens (tertiary/aromatic N) is 6. The first-order chi connectivity index (χ1) is 19.7. The molecule has 0 spiro atoms. The second kappa shape index (κ2) is 10.9. The topological polar surface area (TPSA) is 132 Å². The van der Waals surface area contributed by atoms with E-state index >= 15 is 0 Å². The van der Waals surface area contributed by atoms with E-state index in [9.17, 15) is 22.4 Å². The van der Waals surface area contributed by atoms with Crippen LogP contribution in [0, 0.1) is 0 Å². The molecule has 0 saturated carbocycles. The van der Waals surface area contributed by atoms with Crippen LogP contribution in [0.1, 0.15) is 49.1 Å². The van der Waals surface area contributed by atoms with Gasteiger partial charge in [0, 0.05) is 42.1 Å². The fourth-order valence-electron chi connectivity index (χ4n) is 4.92. The average Bonchev–Trinajstić information content (AvgIpc) is 3.63. The Morgan fingerprint density at radius 3 is 2.67 bits per heavy atom. The maximum Gasteiger partial charge on any atom is 0.394 e. The molecule has 0 aliphatic carbocycles. The molecular formula is C27H33F4N9O2. The summed E-state index contributed by atoms with van der Waals surface area (Å²) in [5.74, 6) is -0.664. The maximum atomic E-state index is 14.8. The first-order valence-electron chi connectivity index (χ1n) is 13.4. The summed E-state index contributed by atoms with van der Waals surface area (Å²) in [5.41, 5.74) is 6.68. The zero-order valence-corrected chi connectivity index (χ0v) is 23.7. The van der Waals surface area contributed by atoms with Gasteiger partial charge in [0.25, 0.3) is 11.9 Å². The van der Waals surface area contributed by atoms with E-state index in [0.29, 0.717) is 24.2 Å². The number of alkyl halides is 4. The lowest BCUT2D eigenvalue weighted by atomic mass is 10.0. The average molecular weight is 592 g/mol. The van der Waals surface area contributed by atoms with Crippen LogP contribution >= 0.6 is 0 Å². The molecule has 42 heavy (non-hydrogen) atoms. The molecule has 1 aromatic carbocycles. The highest BCUT2D eigenvalue weighted by Crippen LogP contribution is 2.34. The van der Waals surface area contributed by atoms with Gasteiger partial charge in [-0.1, -0.05) is 0 Å². The summed E-state index contributed by atoms with van der Waals surface area (Å²) in [4.78, 5) is 18.7. The van der Waals surface area contributed by atoms with Crippen molar-refractivity contribution < 1.29 is 26.9 Å². The summed E-state index contributed by atoms with van der Waals surface area (Å²) in [6, 6.07) is 4.01. The lowest BCUT2D eigenvalue weighted by molar-refractivity contribution is -0.128. The molecule has 11 nitrogen and oxygen atoms in total. The normalized spacial score (nSPS) is 18.5. The quantitative estimate of drug-likeness (QED) is 0.217. The van der Waals surface area contributed by atoms with Crippen molar-refractivity contribution in [2.45, 2.75) is 64.1 Å². The zero-order valence-electron chi connectivity index (χ0n) is 23.7. The van der Waals surface area contributed by atoms with E-state index in [0.717, 1.165) is 4.68 Å². The molecule has 3 aromatic heterocycles. The molecule has 1 aliphatic rings. The number of rotatable bonds is 7. The molecule has 5 rings (SSSR count). The van der Waals surface area contributed by atoms with Crippen molar-refractivity contribution in [2.24, 2.45) is 0 Å². The number of nitrogen functional groups attached to an aromatic ring is 1.